The molecule has 15 rings (SSSR count). The van der Waals surface area contributed by atoms with E-state index in [4.69, 9.17) is 35.4 Å². The second-order valence-electron chi connectivity index (χ2n) is 31.7. The summed E-state index contributed by atoms with van der Waals surface area (Å²) in [6.07, 6.45) is 10.1. The molecule has 0 amide bonds. The molecule has 0 aliphatic carbocycles. The Hall–Kier alpha value is -11.5. The minimum atomic E-state index is -0.125. The fourth-order valence-corrected chi connectivity index (χ4v) is 13.5. The zero-order valence-corrected chi connectivity index (χ0v) is 91.0. The van der Waals surface area contributed by atoms with Crippen LogP contribution in [0, 0.1) is 133 Å². The Labute approximate surface area is 854 Å². The summed E-state index contributed by atoms with van der Waals surface area (Å²) in [5.74, 6) is -0.250. The van der Waals surface area contributed by atoms with Crippen LogP contribution >= 0.6 is 0 Å². The normalized spacial score (nSPS) is 10.7. The molecule has 0 bridgehead atoms. The van der Waals surface area contributed by atoms with Gasteiger partial charge >= 0.3 is 21.1 Å². The number of benzene rings is 11. The summed E-state index contributed by atoms with van der Waals surface area (Å²) in [5, 5.41) is 39.5. The zero-order valence-electron chi connectivity index (χ0n) is 79.2. The molecular formula is C114H114Ir4N6O8Pt-4. The largest absolute Gasteiger partial charge is 2.00 e. The Morgan fingerprint density at radius 2 is 0.639 bits per heavy atom. The third kappa shape index (κ3) is 42.1. The number of nitrogens with zero attached hydrogens (tertiary/aromatic N) is 6. The van der Waals surface area contributed by atoms with Gasteiger partial charge in [0.25, 0.3) is 0 Å². The van der Waals surface area contributed by atoms with Gasteiger partial charge < -0.3 is 35.4 Å². The van der Waals surface area contributed by atoms with Crippen LogP contribution in [0.2, 0.25) is 0 Å². The second-order valence-corrected chi connectivity index (χ2v) is 31.7. The average molecular weight is 2660 g/mol. The van der Waals surface area contributed by atoms with Crippen LogP contribution in [0.25, 0.3) is 88.5 Å². The monoisotopic (exact) mass is 2660 g/mol. The molecule has 0 spiro atoms. The summed E-state index contributed by atoms with van der Waals surface area (Å²) in [5.41, 5.74) is 32.2. The summed E-state index contributed by atoms with van der Waals surface area (Å²) >= 11 is 0. The summed E-state index contributed by atoms with van der Waals surface area (Å²) in [4.78, 5) is 68.0. The first-order valence-corrected chi connectivity index (χ1v) is 41.9. The van der Waals surface area contributed by atoms with Gasteiger partial charge in [-0.2, -0.15) is 0 Å². The van der Waals surface area contributed by atoms with Gasteiger partial charge in [0, 0.05) is 122 Å². The summed E-state index contributed by atoms with van der Waals surface area (Å²) in [7, 11) is 0. The number of hydrogen-bond acceptors (Lipinski definition) is 14. The van der Waals surface area contributed by atoms with Crippen LogP contribution in [0.5, 0.6) is 0 Å². The second kappa shape index (κ2) is 59.2. The van der Waals surface area contributed by atoms with Crippen molar-refractivity contribution in [2.75, 3.05) is 0 Å². The van der Waals surface area contributed by atoms with E-state index in [1.807, 2.05) is 79.0 Å². The molecule has 4 aromatic heterocycles. The van der Waals surface area contributed by atoms with Crippen LogP contribution in [0.15, 0.2) is 288 Å². The van der Waals surface area contributed by atoms with Crippen molar-refractivity contribution in [3.8, 4) is 45.0 Å². The van der Waals surface area contributed by atoms with Crippen LogP contribution in [0.4, 0.5) is 11.4 Å². The summed E-state index contributed by atoms with van der Waals surface area (Å²) in [6.45, 7) is 40.8. The number of carbonyl (C=O) groups excluding carboxylic acids is 4. The van der Waals surface area contributed by atoms with Gasteiger partial charge in [0.05, 0.1) is 51.0 Å². The SMILES string of the molecule is CC(=O)C=C(C)O.CC(=O)C=C(C)O.CC(=O)C=C(C)O.CC(=O)C=C(C)O.Cc1[c-]c(-c2cc(C)c3ccc(C)cc3n2)cc(C)c1.Cc1[c-]c(-c2ccc3c(C)cc(C)cc3n2)cc(C)c1.Cc1[c-]c(-c2ccc3cc(C)ccc3n2)cc(C)c1.Cc1[c-]c(-c2nccc3cc(C)ccc23)cc(C)c1.[Ir].[Ir].[Ir].[Ir].[Pt+2].[c-]1ccccc1C=Nc1ccccc1N=Cc1[c-]cccc1. The standard InChI is InChI=1S/C20H14N2.2C19H18N.2C18H16N.4C5H8O2.4Ir.Pt/c1-3-9-17(10-4-1)15-21-19-13-7-8-14-20(19)22-16-18-11-5-2-6-12-18;1-12-7-13(2)10-16(9-12)18-6-5-17-15(4)8-14(3)11-19(17)20-18;1-12-5-6-17-15(4)11-18(20-19(17)10-12)16-8-13(2)7-14(3)9-16;1-12-4-6-17-15(9-12)5-7-18(19-17)16-10-13(2)8-14(3)11-16;1-12-4-5-17-15(9-12)6-7-19-18(17)16-10-13(2)8-14(3)11-16;4*1-4(6)3-5(2)7;;;;;/h1-9,11,13-16H;5-9,11H,1-4H3;5-8,10-11H,1-4H3;2*4-10H,1-3H3;4*3,6H,1-2H3;;;;;/q-2;4*-1;;;;;;;;;+2. The quantitative estimate of drug-likeness (QED) is 0.0388. The Kier molecular flexibility index (Phi) is 52.4. The first-order chi connectivity index (χ1) is 60.7. The van der Waals surface area contributed by atoms with Gasteiger partial charge in [-0.3, -0.25) is 34.1 Å². The van der Waals surface area contributed by atoms with Gasteiger partial charge in [-0.25, -0.2) is 0 Å². The molecule has 15 aromatic rings. The van der Waals surface area contributed by atoms with Gasteiger partial charge in [-0.05, 0) is 213 Å². The van der Waals surface area contributed by atoms with Gasteiger partial charge in [0.2, 0.25) is 0 Å². The van der Waals surface area contributed by atoms with Gasteiger partial charge in [0.1, 0.15) is 0 Å². The van der Waals surface area contributed by atoms with Crippen molar-refractivity contribution in [3.05, 3.63) is 403 Å². The molecule has 0 atom stereocenters. The minimum absolute atomic E-state index is 0. The van der Waals surface area contributed by atoms with Crippen LogP contribution in [-0.2, 0) is 121 Å². The first-order valence-electron chi connectivity index (χ1n) is 41.9. The van der Waals surface area contributed by atoms with Crippen LogP contribution in [0.3, 0.4) is 0 Å². The number of ketones is 4. The van der Waals surface area contributed by atoms with Crippen LogP contribution in [-0.4, -0.2) is 75.9 Å². The number of aromatic nitrogens is 4. The number of rotatable bonds is 12. The van der Waals surface area contributed by atoms with E-state index < -0.39 is 0 Å². The molecule has 0 aliphatic heterocycles. The molecule has 19 heteroatoms. The maximum absolute atomic E-state index is 10.0. The van der Waals surface area contributed by atoms with Gasteiger partial charge in [-0.1, -0.05) is 151 Å². The van der Waals surface area contributed by atoms with Crippen molar-refractivity contribution in [2.24, 2.45) is 9.98 Å². The number of hydrogen-bond donors (Lipinski definition) is 4. The van der Waals surface area contributed by atoms with Crippen molar-refractivity contribution in [2.45, 2.75) is 152 Å². The molecule has 0 fully saturated rings. The average Bonchev–Trinajstić information content (AvgIpc) is 0.805. The summed E-state index contributed by atoms with van der Waals surface area (Å²) < 4.78 is 0. The molecule has 698 valence electrons. The zero-order chi connectivity index (χ0) is 93.8. The van der Waals surface area contributed by atoms with E-state index in [-0.39, 0.29) is 148 Å². The third-order valence-electron chi connectivity index (χ3n) is 18.5. The molecule has 0 saturated heterocycles. The maximum Gasteiger partial charge on any atom is 2.00 e. The predicted molar refractivity (Wildman–Crippen MR) is 530 cm³/mol. The van der Waals surface area contributed by atoms with Crippen molar-refractivity contribution in [1.82, 2.24) is 19.9 Å². The van der Waals surface area contributed by atoms with Crippen molar-refractivity contribution in [3.63, 3.8) is 0 Å². The molecule has 0 aliphatic rings. The van der Waals surface area contributed by atoms with E-state index in [0.29, 0.717) is 0 Å². The molecule has 14 nitrogen and oxygen atoms in total. The molecule has 4 N–H and O–H groups in total. The molecule has 133 heavy (non-hydrogen) atoms. The van der Waals surface area contributed by atoms with E-state index in [2.05, 4.69) is 300 Å². The molecule has 0 unspecified atom stereocenters. The van der Waals surface area contributed by atoms with E-state index in [1.54, 1.807) is 12.4 Å². The molecular weight excluding hydrogens is 2550 g/mol. The van der Waals surface area contributed by atoms with Gasteiger partial charge in [0.15, 0.2) is 23.1 Å². The fraction of sp³-hybridized carbons (Fsp3) is 0.193. The topological polar surface area (TPSA) is 225 Å². The molecule has 11 aromatic carbocycles. The fourth-order valence-electron chi connectivity index (χ4n) is 13.5. The van der Waals surface area contributed by atoms with Crippen molar-refractivity contribution in [1.29, 1.82) is 0 Å². The Morgan fingerprint density at radius 3 is 1.04 bits per heavy atom. The molecule has 0 saturated carbocycles. The number of aliphatic hydroxyl groups is 4. The van der Waals surface area contributed by atoms with E-state index in [1.165, 1.54) is 162 Å². The number of carbonyl (C=O) groups is 4. The third-order valence-corrected chi connectivity index (χ3v) is 18.5. The number of aliphatic hydroxyl groups excluding tert-OH is 4. The maximum atomic E-state index is 10.0. The number of pyridine rings is 4. The number of para-hydroxylation sites is 2. The van der Waals surface area contributed by atoms with Crippen molar-refractivity contribution < 1.29 is 141 Å². The summed E-state index contributed by atoms with van der Waals surface area (Å²) in [6, 6.07) is 96.5. The Morgan fingerprint density at radius 1 is 0.308 bits per heavy atom. The minimum Gasteiger partial charge on any atom is -0.512 e. The molecule has 4 heterocycles. The first kappa shape index (κ1) is 118. The van der Waals surface area contributed by atoms with E-state index >= 15 is 0 Å². The van der Waals surface area contributed by atoms with Crippen LogP contribution < -0.4 is 0 Å². The van der Waals surface area contributed by atoms with Gasteiger partial charge in [-0.15, -0.1) is 211 Å². The van der Waals surface area contributed by atoms with E-state index in [9.17, 15) is 19.2 Å². The van der Waals surface area contributed by atoms with Crippen molar-refractivity contribution >= 4 is 90.4 Å². The number of aliphatic imine (C=N–C) groups is 2. The predicted octanol–water partition coefficient (Wildman–Crippen LogP) is 28.1. The Balaban J connectivity index is 0.000000520. The molecule has 4 radical (unpaired) electrons. The van der Waals surface area contributed by atoms with E-state index in [0.717, 1.165) is 106 Å². The number of allylic oxidation sites excluding steroid dienone is 8. The number of fused-ring (bicyclic) bond motifs is 4. The Bertz CT molecular complexity index is 6330. The number of aryl methyl sites for hydroxylation is 14. The smallest absolute Gasteiger partial charge is 0.512 e. The van der Waals surface area contributed by atoms with Crippen LogP contribution in [0.1, 0.15) is 144 Å².